The second-order valence-corrected chi connectivity index (χ2v) is 9.33. The first kappa shape index (κ1) is 22.0. The summed E-state index contributed by atoms with van der Waals surface area (Å²) in [6.45, 7) is 5.53. The Morgan fingerprint density at radius 1 is 1.10 bits per heavy atom. The summed E-state index contributed by atoms with van der Waals surface area (Å²) in [5, 5.41) is 9.67. The lowest BCUT2D eigenvalue weighted by molar-refractivity contribution is 0.0696. The minimum Gasteiger partial charge on any atom is -0.478 e. The average Bonchev–Trinajstić information content (AvgIpc) is 2.73. The van der Waals surface area contributed by atoms with Crippen LogP contribution in [0.1, 0.15) is 49.9 Å². The fraction of sp³-hybridized carbons (Fsp3) is 0.409. The molecule has 1 heterocycles. The highest BCUT2D eigenvalue weighted by Crippen LogP contribution is 2.43. The number of carbonyl (C=O) groups is 1. The molecule has 0 saturated heterocycles. The highest BCUT2D eigenvalue weighted by atomic mass is 32.2. The minimum absolute atomic E-state index is 0.0773. The van der Waals surface area contributed by atoms with Gasteiger partial charge in [-0.15, -0.1) is 0 Å². The molecule has 2 bridgehead atoms. The van der Waals surface area contributed by atoms with Gasteiger partial charge in [0.1, 0.15) is 10.6 Å². The molecule has 7 nitrogen and oxygen atoms in total. The number of aromatic carboxylic acids is 1. The maximum atomic E-state index is 13.4. The zero-order valence-electron chi connectivity index (χ0n) is 17.6. The van der Waals surface area contributed by atoms with Crippen molar-refractivity contribution in [3.63, 3.8) is 0 Å². The van der Waals surface area contributed by atoms with Crippen molar-refractivity contribution in [1.82, 2.24) is 0 Å². The molecule has 2 aromatic carbocycles. The van der Waals surface area contributed by atoms with Crippen molar-refractivity contribution in [3.05, 3.63) is 42.0 Å². The Labute approximate surface area is 177 Å². The number of carboxylic acids is 1. The number of unbranched alkanes of at least 4 members (excludes halogenated alkanes) is 2. The summed E-state index contributed by atoms with van der Waals surface area (Å²) in [5.41, 5.74) is 0.872. The molecular weight excluding hydrogens is 404 g/mol. The van der Waals surface area contributed by atoms with Gasteiger partial charge in [0.25, 0.3) is 10.0 Å². The van der Waals surface area contributed by atoms with E-state index in [-0.39, 0.29) is 16.2 Å². The molecule has 0 aliphatic carbocycles. The number of sulfonamides is 1. The number of fused-ring (bicyclic) bond motifs is 3. The third-order valence-electron chi connectivity index (χ3n) is 5.23. The zero-order chi connectivity index (χ0) is 21.9. The van der Waals surface area contributed by atoms with Gasteiger partial charge in [-0.3, -0.25) is 4.31 Å². The molecule has 0 spiro atoms. The summed E-state index contributed by atoms with van der Waals surface area (Å²) < 4.78 is 34.0. The molecule has 1 N–H and O–H groups in total. The van der Waals surface area contributed by atoms with Gasteiger partial charge in [-0.2, -0.15) is 0 Å². The monoisotopic (exact) mass is 432 g/mol. The largest absolute Gasteiger partial charge is 0.478 e. The number of benzene rings is 2. The third-order valence-corrected chi connectivity index (χ3v) is 7.02. The van der Waals surface area contributed by atoms with Crippen LogP contribution in [0.15, 0.2) is 41.3 Å². The fourth-order valence-corrected chi connectivity index (χ4v) is 4.78. The molecule has 162 valence electrons. The minimum atomic E-state index is -4.01. The molecule has 8 heteroatoms. The van der Waals surface area contributed by atoms with Gasteiger partial charge < -0.3 is 14.7 Å². The van der Waals surface area contributed by atoms with Gasteiger partial charge in [-0.25, -0.2) is 13.2 Å². The molecular formula is C22H28N2O5S. The molecule has 0 aromatic heterocycles. The van der Waals surface area contributed by atoms with Crippen LogP contribution in [-0.4, -0.2) is 39.6 Å². The Morgan fingerprint density at radius 2 is 1.77 bits per heavy atom. The average molecular weight is 433 g/mol. The maximum Gasteiger partial charge on any atom is 0.335 e. The van der Waals surface area contributed by atoms with Crippen LogP contribution in [0.5, 0.6) is 11.5 Å². The van der Waals surface area contributed by atoms with Crippen molar-refractivity contribution in [2.75, 3.05) is 29.3 Å². The lowest BCUT2D eigenvalue weighted by Gasteiger charge is -2.31. The number of ether oxygens (including phenoxy) is 1. The second-order valence-electron chi connectivity index (χ2n) is 7.39. The smallest absolute Gasteiger partial charge is 0.335 e. The van der Waals surface area contributed by atoms with Crippen LogP contribution < -0.4 is 13.9 Å². The van der Waals surface area contributed by atoms with Crippen molar-refractivity contribution in [2.45, 2.75) is 44.4 Å². The van der Waals surface area contributed by atoms with Crippen LogP contribution >= 0.6 is 0 Å². The molecule has 0 amide bonds. The lowest BCUT2D eigenvalue weighted by atomic mass is 10.1. The van der Waals surface area contributed by atoms with Gasteiger partial charge in [-0.1, -0.05) is 32.8 Å². The summed E-state index contributed by atoms with van der Waals surface area (Å²) in [6, 6.07) is 9.55. The number of rotatable bonds is 8. The molecule has 0 radical (unpaired) electrons. The normalized spacial score (nSPS) is 14.3. The Bertz CT molecular complexity index is 1030. The number of nitrogens with zero attached hydrogens (tertiary/aromatic N) is 2. The fourth-order valence-electron chi connectivity index (χ4n) is 3.44. The van der Waals surface area contributed by atoms with Crippen LogP contribution in [0.3, 0.4) is 0 Å². The highest BCUT2D eigenvalue weighted by molar-refractivity contribution is 7.93. The van der Waals surface area contributed by atoms with Crippen LogP contribution in [0.4, 0.5) is 11.4 Å². The van der Waals surface area contributed by atoms with Crippen molar-refractivity contribution in [2.24, 2.45) is 0 Å². The first-order valence-electron chi connectivity index (χ1n) is 10.2. The maximum absolute atomic E-state index is 13.4. The number of carboxylic acid groups (broad SMARTS) is 1. The zero-order valence-corrected chi connectivity index (χ0v) is 18.4. The number of anilines is 2. The van der Waals surface area contributed by atoms with Gasteiger partial charge in [0.2, 0.25) is 0 Å². The Hall–Kier alpha value is -2.74. The van der Waals surface area contributed by atoms with Gasteiger partial charge >= 0.3 is 5.97 Å². The molecule has 1 aliphatic rings. The van der Waals surface area contributed by atoms with E-state index in [2.05, 4.69) is 13.8 Å². The first-order chi connectivity index (χ1) is 14.3. The van der Waals surface area contributed by atoms with E-state index in [1.807, 2.05) is 4.90 Å². The molecule has 0 saturated carbocycles. The third kappa shape index (κ3) is 4.23. The predicted octanol–water partition coefficient (Wildman–Crippen LogP) is 4.72. The second kappa shape index (κ2) is 8.95. The number of hydrogen-bond donors (Lipinski definition) is 1. The molecule has 1 aliphatic heterocycles. The summed E-state index contributed by atoms with van der Waals surface area (Å²) in [4.78, 5) is 13.7. The van der Waals surface area contributed by atoms with E-state index in [4.69, 9.17) is 4.74 Å². The first-order valence-corrected chi connectivity index (χ1v) is 11.7. The van der Waals surface area contributed by atoms with Crippen LogP contribution in [0.25, 0.3) is 0 Å². The topological polar surface area (TPSA) is 87.2 Å². The van der Waals surface area contributed by atoms with Gasteiger partial charge in [0, 0.05) is 26.2 Å². The van der Waals surface area contributed by atoms with E-state index in [0.717, 1.165) is 30.0 Å². The molecule has 0 unspecified atom stereocenters. The van der Waals surface area contributed by atoms with E-state index < -0.39 is 16.0 Å². The van der Waals surface area contributed by atoms with E-state index in [1.165, 1.54) is 19.2 Å². The van der Waals surface area contributed by atoms with E-state index in [1.54, 1.807) is 24.3 Å². The SMILES string of the molecule is CCCCN(CCCC)c1cc(C(=O)O)cc2c1Oc1cccc(c1)N(C)S2(=O)=O. The summed E-state index contributed by atoms with van der Waals surface area (Å²) in [5.74, 6) is -0.495. The lowest BCUT2D eigenvalue weighted by Crippen LogP contribution is -2.30. The van der Waals surface area contributed by atoms with Crippen LogP contribution in [0.2, 0.25) is 0 Å². The van der Waals surface area contributed by atoms with Crippen molar-refractivity contribution < 1.29 is 23.1 Å². The van der Waals surface area contributed by atoms with Crippen molar-refractivity contribution >= 4 is 27.4 Å². The Kier molecular flexibility index (Phi) is 6.55. The standard InChI is InChI=1S/C22H28N2O5S/c1-4-6-11-24(12-7-5-2)19-13-16(22(25)26)14-20-21(19)29-18-10-8-9-17(15-18)23(3)30(20,27)28/h8-10,13-15H,4-7,11-12H2,1-3H3,(H,25,26). The molecule has 30 heavy (non-hydrogen) atoms. The number of hydrogen-bond acceptors (Lipinski definition) is 5. The Balaban J connectivity index is 2.28. The van der Waals surface area contributed by atoms with Crippen molar-refractivity contribution in [3.8, 4) is 11.5 Å². The van der Waals surface area contributed by atoms with Crippen LogP contribution in [0, 0.1) is 0 Å². The molecule has 0 fully saturated rings. The Morgan fingerprint density at radius 3 is 2.37 bits per heavy atom. The summed E-state index contributed by atoms with van der Waals surface area (Å²) in [7, 11) is -2.55. The van der Waals surface area contributed by atoms with E-state index in [0.29, 0.717) is 30.2 Å². The van der Waals surface area contributed by atoms with Gasteiger partial charge in [0.15, 0.2) is 5.75 Å². The molecule has 0 atom stereocenters. The summed E-state index contributed by atoms with van der Waals surface area (Å²) >= 11 is 0. The molecule has 3 rings (SSSR count). The predicted molar refractivity (Wildman–Crippen MR) is 118 cm³/mol. The quantitative estimate of drug-likeness (QED) is 0.649. The van der Waals surface area contributed by atoms with Crippen molar-refractivity contribution in [1.29, 1.82) is 0 Å². The van der Waals surface area contributed by atoms with Gasteiger partial charge in [-0.05, 0) is 37.1 Å². The van der Waals surface area contributed by atoms with E-state index in [9.17, 15) is 18.3 Å². The van der Waals surface area contributed by atoms with E-state index >= 15 is 0 Å². The highest BCUT2D eigenvalue weighted by Gasteiger charge is 2.32. The molecule has 2 aromatic rings. The van der Waals surface area contributed by atoms with Gasteiger partial charge in [0.05, 0.1) is 16.9 Å². The summed E-state index contributed by atoms with van der Waals surface area (Å²) in [6.07, 6.45) is 3.73. The van der Waals surface area contributed by atoms with Crippen LogP contribution in [-0.2, 0) is 10.0 Å².